The Kier molecular flexibility index (Phi) is 16.3. The van der Waals surface area contributed by atoms with E-state index in [1.54, 1.807) is 6.07 Å². The van der Waals surface area contributed by atoms with Crippen molar-refractivity contribution in [2.24, 2.45) is 0 Å². The minimum absolute atomic E-state index is 0.144. The van der Waals surface area contributed by atoms with Crippen molar-refractivity contribution in [2.45, 2.75) is 129 Å². The van der Waals surface area contributed by atoms with Crippen molar-refractivity contribution >= 4 is 11.6 Å². The third-order valence-corrected chi connectivity index (χ3v) is 8.38. The SMILES string of the molecule is CCCCCCCCCCCCCCCc1cccc(OC(CC)C(=O)Nc2ccc(CCc3cc(O)ccc3O)cc2)c1. The van der Waals surface area contributed by atoms with Gasteiger partial charge in [0.1, 0.15) is 17.2 Å². The van der Waals surface area contributed by atoms with Crippen LogP contribution in [0.2, 0.25) is 0 Å². The zero-order valence-electron chi connectivity index (χ0n) is 27.2. The summed E-state index contributed by atoms with van der Waals surface area (Å²) in [6.07, 6.45) is 20.0. The molecule has 240 valence electrons. The number of aromatic hydroxyl groups is 2. The van der Waals surface area contributed by atoms with Gasteiger partial charge in [-0.3, -0.25) is 4.79 Å². The summed E-state index contributed by atoms with van der Waals surface area (Å²) in [5.41, 5.74) is 3.76. The lowest BCUT2D eigenvalue weighted by molar-refractivity contribution is -0.122. The highest BCUT2D eigenvalue weighted by molar-refractivity contribution is 5.94. The first-order chi connectivity index (χ1) is 21.5. The van der Waals surface area contributed by atoms with Gasteiger partial charge in [-0.2, -0.15) is 0 Å². The van der Waals surface area contributed by atoms with E-state index in [-0.39, 0.29) is 17.4 Å². The molecule has 44 heavy (non-hydrogen) atoms. The lowest BCUT2D eigenvalue weighted by Gasteiger charge is -2.18. The summed E-state index contributed by atoms with van der Waals surface area (Å²) in [7, 11) is 0. The van der Waals surface area contributed by atoms with Crippen molar-refractivity contribution in [2.75, 3.05) is 5.32 Å². The highest BCUT2D eigenvalue weighted by atomic mass is 16.5. The molecule has 3 rings (SSSR count). The number of hydrogen-bond acceptors (Lipinski definition) is 4. The van der Waals surface area contributed by atoms with Crippen LogP contribution < -0.4 is 10.1 Å². The molecule has 5 heteroatoms. The van der Waals surface area contributed by atoms with Crippen molar-refractivity contribution < 1.29 is 19.7 Å². The van der Waals surface area contributed by atoms with Gasteiger partial charge >= 0.3 is 0 Å². The van der Waals surface area contributed by atoms with Gasteiger partial charge in [-0.25, -0.2) is 0 Å². The number of unbranched alkanes of at least 4 members (excludes halogenated alkanes) is 12. The fraction of sp³-hybridized carbons (Fsp3) is 0.513. The number of phenolic OH excluding ortho intramolecular Hbond substituents is 2. The van der Waals surface area contributed by atoms with Gasteiger partial charge in [-0.15, -0.1) is 0 Å². The maximum absolute atomic E-state index is 13.0. The summed E-state index contributed by atoms with van der Waals surface area (Å²) in [5.74, 6) is 0.907. The molecule has 0 aliphatic rings. The van der Waals surface area contributed by atoms with E-state index in [0.717, 1.165) is 23.4 Å². The third kappa shape index (κ3) is 13.4. The molecule has 0 bridgehead atoms. The van der Waals surface area contributed by atoms with E-state index >= 15 is 0 Å². The molecule has 0 aromatic heterocycles. The van der Waals surface area contributed by atoms with Crippen molar-refractivity contribution in [3.63, 3.8) is 0 Å². The molecule has 3 aromatic rings. The van der Waals surface area contributed by atoms with Crippen LogP contribution in [-0.4, -0.2) is 22.2 Å². The summed E-state index contributed by atoms with van der Waals surface area (Å²) in [6, 6.07) is 20.5. The summed E-state index contributed by atoms with van der Waals surface area (Å²) in [4.78, 5) is 13.0. The Morgan fingerprint density at radius 1 is 0.682 bits per heavy atom. The van der Waals surface area contributed by atoms with Gasteiger partial charge in [0, 0.05) is 5.69 Å². The number of benzene rings is 3. The first-order valence-corrected chi connectivity index (χ1v) is 17.1. The molecule has 0 aliphatic heterocycles. The second kappa shape index (κ2) is 20.5. The van der Waals surface area contributed by atoms with E-state index in [9.17, 15) is 15.0 Å². The number of carbonyl (C=O) groups is 1. The molecule has 0 spiro atoms. The molecule has 1 amide bonds. The molecule has 1 unspecified atom stereocenters. The smallest absolute Gasteiger partial charge is 0.265 e. The Balaban J connectivity index is 1.34. The molecule has 0 saturated carbocycles. The monoisotopic (exact) mass is 601 g/mol. The molecular weight excluding hydrogens is 546 g/mol. The Morgan fingerprint density at radius 3 is 1.95 bits per heavy atom. The predicted molar refractivity (Wildman–Crippen MR) is 183 cm³/mol. The van der Waals surface area contributed by atoms with Crippen LogP contribution in [0.5, 0.6) is 17.2 Å². The minimum Gasteiger partial charge on any atom is -0.508 e. The van der Waals surface area contributed by atoms with E-state index in [0.29, 0.717) is 24.8 Å². The van der Waals surface area contributed by atoms with Gasteiger partial charge < -0.3 is 20.3 Å². The number of amides is 1. The van der Waals surface area contributed by atoms with Crippen LogP contribution in [0, 0.1) is 0 Å². The molecule has 3 aromatic carbocycles. The first-order valence-electron chi connectivity index (χ1n) is 17.1. The fourth-order valence-electron chi connectivity index (χ4n) is 5.64. The number of phenols is 2. The maximum atomic E-state index is 13.0. The van der Waals surface area contributed by atoms with Crippen LogP contribution in [0.25, 0.3) is 0 Å². The number of anilines is 1. The maximum Gasteiger partial charge on any atom is 0.265 e. The second-order valence-electron chi connectivity index (χ2n) is 12.2. The Hall–Kier alpha value is -3.47. The van der Waals surface area contributed by atoms with Crippen LogP contribution in [0.1, 0.15) is 120 Å². The van der Waals surface area contributed by atoms with Gasteiger partial charge in [-0.05, 0) is 91.3 Å². The second-order valence-corrected chi connectivity index (χ2v) is 12.2. The van der Waals surface area contributed by atoms with Crippen molar-refractivity contribution in [3.8, 4) is 17.2 Å². The van der Waals surface area contributed by atoms with Crippen molar-refractivity contribution in [1.29, 1.82) is 0 Å². The van der Waals surface area contributed by atoms with Crippen LogP contribution in [0.4, 0.5) is 5.69 Å². The van der Waals surface area contributed by atoms with Crippen molar-refractivity contribution in [1.82, 2.24) is 0 Å². The van der Waals surface area contributed by atoms with E-state index in [1.807, 2.05) is 43.3 Å². The summed E-state index contributed by atoms with van der Waals surface area (Å²) >= 11 is 0. The number of carbonyl (C=O) groups excluding carboxylic acids is 1. The lowest BCUT2D eigenvalue weighted by Crippen LogP contribution is -2.32. The third-order valence-electron chi connectivity index (χ3n) is 8.38. The molecule has 0 heterocycles. The molecule has 0 saturated heterocycles. The highest BCUT2D eigenvalue weighted by Gasteiger charge is 2.19. The number of aryl methyl sites for hydroxylation is 3. The highest BCUT2D eigenvalue weighted by Crippen LogP contribution is 2.24. The normalized spacial score (nSPS) is 11.8. The molecule has 5 nitrogen and oxygen atoms in total. The van der Waals surface area contributed by atoms with Crippen LogP contribution in [-0.2, 0) is 24.1 Å². The summed E-state index contributed by atoms with van der Waals surface area (Å²) in [6.45, 7) is 4.24. The summed E-state index contributed by atoms with van der Waals surface area (Å²) < 4.78 is 6.13. The molecular formula is C39H55NO4. The quantitative estimate of drug-likeness (QED) is 0.0791. The van der Waals surface area contributed by atoms with Gasteiger partial charge in [0.25, 0.3) is 5.91 Å². The minimum atomic E-state index is -0.574. The topological polar surface area (TPSA) is 78.8 Å². The summed E-state index contributed by atoms with van der Waals surface area (Å²) in [5, 5.41) is 22.7. The predicted octanol–water partition coefficient (Wildman–Crippen LogP) is 10.3. The van der Waals surface area contributed by atoms with E-state index in [4.69, 9.17) is 4.74 Å². The molecule has 1 atom stereocenters. The average molecular weight is 602 g/mol. The molecule has 3 N–H and O–H groups in total. The zero-order chi connectivity index (χ0) is 31.4. The number of rotatable bonds is 22. The van der Waals surface area contributed by atoms with Crippen LogP contribution in [0.3, 0.4) is 0 Å². The zero-order valence-corrected chi connectivity index (χ0v) is 27.2. The lowest BCUT2D eigenvalue weighted by atomic mass is 10.0. The van der Waals surface area contributed by atoms with Gasteiger partial charge in [-0.1, -0.05) is 115 Å². The average Bonchev–Trinajstić information content (AvgIpc) is 3.03. The van der Waals surface area contributed by atoms with Gasteiger partial charge in [0.2, 0.25) is 0 Å². The van der Waals surface area contributed by atoms with E-state index in [1.165, 1.54) is 101 Å². The molecule has 0 aliphatic carbocycles. The molecule has 0 fully saturated rings. The van der Waals surface area contributed by atoms with Gasteiger partial charge in [0.15, 0.2) is 6.10 Å². The largest absolute Gasteiger partial charge is 0.508 e. The number of ether oxygens (including phenoxy) is 1. The van der Waals surface area contributed by atoms with Crippen LogP contribution >= 0.6 is 0 Å². The first kappa shape index (κ1) is 35.0. The Labute approximate surface area is 266 Å². The van der Waals surface area contributed by atoms with Gasteiger partial charge in [0.05, 0.1) is 0 Å². The van der Waals surface area contributed by atoms with Crippen LogP contribution in [0.15, 0.2) is 66.7 Å². The van der Waals surface area contributed by atoms with E-state index in [2.05, 4.69) is 24.4 Å². The molecule has 0 radical (unpaired) electrons. The standard InChI is InChI=1S/C39H55NO4/c1-3-5-6-7-8-9-10-11-12-13-14-15-16-18-32-19-17-20-36(29-32)44-38(4-2)39(43)40-34-25-22-31(23-26-34)21-24-33-30-35(41)27-28-37(33)42/h17,19-20,22-23,25-30,38,41-42H,3-16,18,21,24H2,1-2H3,(H,40,43). The van der Waals surface area contributed by atoms with Crippen molar-refractivity contribution in [3.05, 3.63) is 83.4 Å². The number of nitrogens with one attached hydrogen (secondary N) is 1. The number of hydrogen-bond donors (Lipinski definition) is 3. The Morgan fingerprint density at radius 2 is 1.32 bits per heavy atom. The Bertz CT molecular complexity index is 1220. The fourth-order valence-corrected chi connectivity index (χ4v) is 5.64. The van der Waals surface area contributed by atoms with E-state index < -0.39 is 6.10 Å².